The maximum absolute atomic E-state index is 12.8. The maximum Gasteiger partial charge on any atom is 0.254 e. The largest absolute Gasteiger partial charge is 0.349 e. The number of hydrogen-bond donors (Lipinski definition) is 1. The van der Waals surface area contributed by atoms with Gasteiger partial charge in [-0.1, -0.05) is 0 Å². The lowest BCUT2D eigenvalue weighted by atomic mass is 10.3. The molecule has 11 heteroatoms. The highest BCUT2D eigenvalue weighted by molar-refractivity contribution is 9.11. The van der Waals surface area contributed by atoms with Crippen molar-refractivity contribution in [2.24, 2.45) is 0 Å². The summed E-state index contributed by atoms with van der Waals surface area (Å²) in [5.74, 6) is 0.448. The van der Waals surface area contributed by atoms with Gasteiger partial charge in [-0.25, -0.2) is 13.4 Å². The molecule has 1 amide bonds. The number of halogens is 1. The smallest absolute Gasteiger partial charge is 0.254 e. The third kappa shape index (κ3) is 3.86. The lowest BCUT2D eigenvalue weighted by Crippen LogP contribution is -2.46. The van der Waals surface area contributed by atoms with Gasteiger partial charge in [-0.15, -0.1) is 34.4 Å². The summed E-state index contributed by atoms with van der Waals surface area (Å²) in [5.41, 5.74) is 0.785. The van der Waals surface area contributed by atoms with Crippen molar-refractivity contribution in [3.63, 3.8) is 0 Å². The summed E-state index contributed by atoms with van der Waals surface area (Å²) < 4.78 is 27.8. The number of aryl methyl sites for hydroxylation is 1. The standard InChI is InChI=1S/C13H14BrN3O3S4/c1-8-16-9(5-22-8)4-15-13(18)10-6-21-7-17(10)24(19,20)12-3-2-11(14)23-12/h2-3,5,10H,4,6-7H2,1H3,(H,15,18). The van der Waals surface area contributed by atoms with Gasteiger partial charge in [0.1, 0.15) is 10.3 Å². The fourth-order valence-electron chi connectivity index (χ4n) is 2.21. The molecule has 0 saturated carbocycles. The number of thiazole rings is 1. The zero-order valence-electron chi connectivity index (χ0n) is 12.6. The first-order valence-electron chi connectivity index (χ1n) is 6.91. The Hall–Kier alpha value is -0.460. The maximum atomic E-state index is 12.8. The van der Waals surface area contributed by atoms with Gasteiger partial charge in [-0.05, 0) is 35.0 Å². The van der Waals surface area contributed by atoms with Gasteiger partial charge in [-0.2, -0.15) is 4.31 Å². The second-order valence-electron chi connectivity index (χ2n) is 5.04. The van der Waals surface area contributed by atoms with E-state index in [-0.39, 0.29) is 16.0 Å². The number of thioether (sulfide) groups is 1. The molecular formula is C13H14BrN3O3S4. The van der Waals surface area contributed by atoms with Crippen LogP contribution < -0.4 is 5.32 Å². The van der Waals surface area contributed by atoms with Crippen LogP contribution in [0.1, 0.15) is 10.7 Å². The van der Waals surface area contributed by atoms with Crippen molar-refractivity contribution >= 4 is 66.3 Å². The number of thiophene rings is 1. The quantitative estimate of drug-likeness (QED) is 0.730. The van der Waals surface area contributed by atoms with Crippen LogP contribution in [0.2, 0.25) is 0 Å². The number of carbonyl (C=O) groups is 1. The van der Waals surface area contributed by atoms with Crippen LogP contribution in [-0.4, -0.2) is 41.3 Å². The summed E-state index contributed by atoms with van der Waals surface area (Å²) in [7, 11) is -3.66. The van der Waals surface area contributed by atoms with Crippen LogP contribution in [0.3, 0.4) is 0 Å². The molecule has 24 heavy (non-hydrogen) atoms. The number of hydrogen-bond acceptors (Lipinski definition) is 7. The Morgan fingerprint density at radius 3 is 2.92 bits per heavy atom. The van der Waals surface area contributed by atoms with Gasteiger partial charge in [0, 0.05) is 11.1 Å². The molecule has 6 nitrogen and oxygen atoms in total. The van der Waals surface area contributed by atoms with Crippen molar-refractivity contribution in [2.45, 2.75) is 23.7 Å². The van der Waals surface area contributed by atoms with Gasteiger partial charge < -0.3 is 5.32 Å². The summed E-state index contributed by atoms with van der Waals surface area (Å²) in [4.78, 5) is 16.7. The third-order valence-electron chi connectivity index (χ3n) is 3.37. The van der Waals surface area contributed by atoms with Crippen LogP contribution in [0.5, 0.6) is 0 Å². The fraction of sp³-hybridized carbons (Fsp3) is 0.385. The summed E-state index contributed by atoms with van der Waals surface area (Å²) in [6.45, 7) is 2.21. The van der Waals surface area contributed by atoms with E-state index in [2.05, 4.69) is 26.2 Å². The molecule has 1 aliphatic heterocycles. The molecule has 1 atom stereocenters. The molecule has 0 aromatic carbocycles. The molecule has 0 aliphatic carbocycles. The van der Waals surface area contributed by atoms with Gasteiger partial charge in [0.15, 0.2) is 0 Å². The van der Waals surface area contributed by atoms with Gasteiger partial charge in [0.25, 0.3) is 10.0 Å². The first-order chi connectivity index (χ1) is 11.4. The molecule has 2 aromatic heterocycles. The molecule has 0 bridgehead atoms. The molecule has 0 radical (unpaired) electrons. The van der Waals surface area contributed by atoms with E-state index in [0.29, 0.717) is 12.3 Å². The molecule has 1 aliphatic rings. The van der Waals surface area contributed by atoms with Gasteiger partial charge in [0.2, 0.25) is 5.91 Å². The fourth-order valence-corrected chi connectivity index (χ4v) is 8.11. The Labute approximate surface area is 160 Å². The predicted molar refractivity (Wildman–Crippen MR) is 101 cm³/mol. The summed E-state index contributed by atoms with van der Waals surface area (Å²) >= 11 is 7.38. The van der Waals surface area contributed by atoms with E-state index in [4.69, 9.17) is 0 Å². The lowest BCUT2D eigenvalue weighted by molar-refractivity contribution is -0.124. The summed E-state index contributed by atoms with van der Waals surface area (Å²) in [6.07, 6.45) is 0. The van der Waals surface area contributed by atoms with Crippen molar-refractivity contribution in [1.82, 2.24) is 14.6 Å². The van der Waals surface area contributed by atoms with Crippen molar-refractivity contribution in [3.05, 3.63) is 32.0 Å². The first-order valence-corrected chi connectivity index (χ1v) is 12.0. The monoisotopic (exact) mass is 467 g/mol. The number of sulfonamides is 1. The Morgan fingerprint density at radius 2 is 2.29 bits per heavy atom. The number of nitrogens with zero attached hydrogens (tertiary/aromatic N) is 2. The molecule has 130 valence electrons. The molecule has 1 fully saturated rings. The normalized spacial score (nSPS) is 18.8. The molecule has 2 aromatic rings. The van der Waals surface area contributed by atoms with Gasteiger partial charge >= 0.3 is 0 Å². The second-order valence-corrected chi connectivity index (χ2v) is 11.7. The third-order valence-corrected chi connectivity index (χ3v) is 9.31. The van der Waals surface area contributed by atoms with Crippen LogP contribution in [0.15, 0.2) is 25.5 Å². The molecule has 3 heterocycles. The van der Waals surface area contributed by atoms with Crippen molar-refractivity contribution in [3.8, 4) is 0 Å². The number of nitrogens with one attached hydrogen (secondary N) is 1. The van der Waals surface area contributed by atoms with E-state index in [1.807, 2.05) is 12.3 Å². The van der Waals surface area contributed by atoms with E-state index < -0.39 is 16.1 Å². The molecule has 3 rings (SSSR count). The Kier molecular flexibility index (Phi) is 5.67. The van der Waals surface area contributed by atoms with Crippen LogP contribution >= 0.6 is 50.4 Å². The van der Waals surface area contributed by atoms with E-state index in [1.165, 1.54) is 27.4 Å². The topological polar surface area (TPSA) is 79.4 Å². The number of aromatic nitrogens is 1. The molecule has 0 spiro atoms. The van der Waals surface area contributed by atoms with Crippen molar-refractivity contribution in [2.75, 3.05) is 11.6 Å². The van der Waals surface area contributed by atoms with E-state index in [9.17, 15) is 13.2 Å². The highest BCUT2D eigenvalue weighted by atomic mass is 79.9. The van der Waals surface area contributed by atoms with Gasteiger partial charge in [-0.3, -0.25) is 4.79 Å². The molecule has 1 unspecified atom stereocenters. The van der Waals surface area contributed by atoms with E-state index in [1.54, 1.807) is 12.1 Å². The second kappa shape index (κ2) is 7.42. The van der Waals surface area contributed by atoms with Crippen LogP contribution in [0.4, 0.5) is 0 Å². The molecular weight excluding hydrogens is 454 g/mol. The SMILES string of the molecule is Cc1nc(CNC(=O)C2CSCN2S(=O)(=O)c2ccc(Br)s2)cs1. The minimum Gasteiger partial charge on any atom is -0.349 e. The van der Waals surface area contributed by atoms with E-state index in [0.717, 1.165) is 25.8 Å². The average Bonchev–Trinajstić information content (AvgIpc) is 3.25. The van der Waals surface area contributed by atoms with Crippen LogP contribution in [0.25, 0.3) is 0 Å². The Bertz CT molecular complexity index is 848. The number of amides is 1. The Morgan fingerprint density at radius 1 is 1.50 bits per heavy atom. The highest BCUT2D eigenvalue weighted by Gasteiger charge is 2.40. The minimum atomic E-state index is -3.66. The average molecular weight is 468 g/mol. The van der Waals surface area contributed by atoms with Gasteiger partial charge in [0.05, 0.1) is 26.9 Å². The minimum absolute atomic E-state index is 0.241. The van der Waals surface area contributed by atoms with Crippen molar-refractivity contribution < 1.29 is 13.2 Å². The van der Waals surface area contributed by atoms with E-state index >= 15 is 0 Å². The summed E-state index contributed by atoms with van der Waals surface area (Å²) in [5, 5.41) is 5.61. The lowest BCUT2D eigenvalue weighted by Gasteiger charge is -2.21. The predicted octanol–water partition coefficient (Wildman–Crippen LogP) is 2.66. The highest BCUT2D eigenvalue weighted by Crippen LogP contribution is 2.33. The number of rotatable bonds is 5. The van der Waals surface area contributed by atoms with Crippen LogP contribution in [-0.2, 0) is 21.4 Å². The first kappa shape index (κ1) is 18.3. The Balaban J connectivity index is 1.71. The zero-order valence-corrected chi connectivity index (χ0v) is 17.4. The molecule has 1 saturated heterocycles. The zero-order chi connectivity index (χ0) is 17.3. The summed E-state index contributed by atoms with van der Waals surface area (Å²) in [6, 6.07) is 2.56. The molecule has 1 N–H and O–H groups in total. The van der Waals surface area contributed by atoms with Crippen LogP contribution in [0, 0.1) is 6.92 Å². The van der Waals surface area contributed by atoms with Crippen molar-refractivity contribution in [1.29, 1.82) is 0 Å². The number of carbonyl (C=O) groups excluding carboxylic acids is 1.